The molecule has 0 spiro atoms. The van der Waals surface area contributed by atoms with Gasteiger partial charge in [0, 0.05) is 11.5 Å². The lowest BCUT2D eigenvalue weighted by atomic mass is 9.81. The monoisotopic (exact) mass is 434 g/mol. The molecular weight excluding hydrogens is 407 g/mol. The molecule has 3 rings (SSSR count). The summed E-state index contributed by atoms with van der Waals surface area (Å²) >= 11 is 0. The molecule has 5 heteroatoms. The molecule has 2 aromatic carbocycles. The van der Waals surface area contributed by atoms with Crippen LogP contribution in [0.15, 0.2) is 48.3 Å². The fourth-order valence-electron chi connectivity index (χ4n) is 4.34. The second kappa shape index (κ2) is 10.3. The highest BCUT2D eigenvalue weighted by molar-refractivity contribution is 5.88. The number of allylic oxidation sites excluding steroid dienone is 5. The number of halogens is 5. The highest BCUT2D eigenvalue weighted by atomic mass is 19.2. The highest BCUT2D eigenvalue weighted by Gasteiger charge is 2.28. The summed E-state index contributed by atoms with van der Waals surface area (Å²) in [6, 6.07) is 3.78. The summed E-state index contributed by atoms with van der Waals surface area (Å²) < 4.78 is 73.9. The van der Waals surface area contributed by atoms with E-state index >= 15 is 4.39 Å². The van der Waals surface area contributed by atoms with Crippen LogP contribution in [-0.4, -0.2) is 0 Å². The summed E-state index contributed by atoms with van der Waals surface area (Å²) in [5.41, 5.74) is -0.545. The molecule has 166 valence electrons. The molecule has 0 saturated heterocycles. The van der Waals surface area contributed by atoms with Gasteiger partial charge in [-0.3, -0.25) is 0 Å². The van der Waals surface area contributed by atoms with E-state index in [2.05, 4.69) is 6.08 Å². The Labute approximate surface area is 180 Å². The van der Waals surface area contributed by atoms with E-state index in [9.17, 15) is 17.6 Å². The minimum atomic E-state index is -1.37. The Morgan fingerprint density at radius 1 is 0.935 bits per heavy atom. The molecule has 0 bridgehead atoms. The lowest BCUT2D eigenvalue weighted by Crippen LogP contribution is -2.14. The number of hydrogen-bond donors (Lipinski definition) is 0. The lowest BCUT2D eigenvalue weighted by molar-refractivity contribution is 0.304. The van der Waals surface area contributed by atoms with E-state index in [0.29, 0.717) is 25.2 Å². The van der Waals surface area contributed by atoms with Gasteiger partial charge in [0.25, 0.3) is 0 Å². The van der Waals surface area contributed by atoms with E-state index in [1.807, 2.05) is 26.0 Å². The van der Waals surface area contributed by atoms with Crippen LogP contribution in [-0.2, 0) is 6.42 Å². The van der Waals surface area contributed by atoms with Crippen molar-refractivity contribution in [2.24, 2.45) is 11.8 Å². The third-order valence-corrected chi connectivity index (χ3v) is 6.06. The second-order valence-electron chi connectivity index (χ2n) is 8.10. The van der Waals surface area contributed by atoms with E-state index in [0.717, 1.165) is 18.9 Å². The van der Waals surface area contributed by atoms with Crippen LogP contribution in [0.3, 0.4) is 0 Å². The maximum atomic E-state index is 15.0. The van der Waals surface area contributed by atoms with Gasteiger partial charge in [0.15, 0.2) is 17.5 Å². The first kappa shape index (κ1) is 23.2. The van der Waals surface area contributed by atoms with Gasteiger partial charge in [-0.1, -0.05) is 30.4 Å². The fraction of sp³-hybridized carbons (Fsp3) is 0.385. The van der Waals surface area contributed by atoms with E-state index in [1.54, 1.807) is 6.08 Å². The molecule has 0 aromatic heterocycles. The molecule has 0 heterocycles. The third kappa shape index (κ3) is 4.91. The summed E-state index contributed by atoms with van der Waals surface area (Å²) in [5, 5.41) is -0.528. The number of hydrogen-bond acceptors (Lipinski definition) is 0. The molecule has 0 amide bonds. The number of aryl methyl sites for hydroxylation is 1. The standard InChI is InChI=1S/C26H27F5/c1-3-5-6-8-19-15-18-13-14-20(24(29)21(18)26(31)23(19)28)25(30)22(27)17-11-9-16(7-4-2)10-12-17/h3-5,7,13-17H,6,8-12H2,1-2H3/b5-3+,7-4+,25-22?. The molecule has 0 atom stereocenters. The normalized spacial score (nSPS) is 20.7. The Balaban J connectivity index is 1.95. The molecular formula is C26H27F5. The van der Waals surface area contributed by atoms with Gasteiger partial charge in [0.05, 0.1) is 5.39 Å². The van der Waals surface area contributed by atoms with Crippen LogP contribution < -0.4 is 0 Å². The van der Waals surface area contributed by atoms with Crippen LogP contribution >= 0.6 is 0 Å². The lowest BCUT2D eigenvalue weighted by Gasteiger charge is -2.26. The van der Waals surface area contributed by atoms with Crippen molar-refractivity contribution >= 4 is 16.6 Å². The third-order valence-electron chi connectivity index (χ3n) is 6.06. The highest BCUT2D eigenvalue weighted by Crippen LogP contribution is 2.40. The van der Waals surface area contributed by atoms with Gasteiger partial charge < -0.3 is 0 Å². The fourth-order valence-corrected chi connectivity index (χ4v) is 4.34. The van der Waals surface area contributed by atoms with Crippen molar-refractivity contribution in [1.82, 2.24) is 0 Å². The van der Waals surface area contributed by atoms with Gasteiger partial charge in [0.1, 0.15) is 11.6 Å². The second-order valence-corrected chi connectivity index (χ2v) is 8.10. The van der Waals surface area contributed by atoms with Crippen molar-refractivity contribution in [3.8, 4) is 0 Å². The Kier molecular flexibility index (Phi) is 7.69. The number of benzene rings is 2. The van der Waals surface area contributed by atoms with Crippen LogP contribution in [0.5, 0.6) is 0 Å². The van der Waals surface area contributed by atoms with Crippen LogP contribution in [0, 0.1) is 29.3 Å². The summed E-state index contributed by atoms with van der Waals surface area (Å²) in [4.78, 5) is 0. The van der Waals surface area contributed by atoms with Crippen molar-refractivity contribution in [3.63, 3.8) is 0 Å². The van der Waals surface area contributed by atoms with Crippen molar-refractivity contribution < 1.29 is 22.0 Å². The average Bonchev–Trinajstić information content (AvgIpc) is 2.77. The first-order valence-corrected chi connectivity index (χ1v) is 10.8. The van der Waals surface area contributed by atoms with Gasteiger partial charge in [0.2, 0.25) is 0 Å². The van der Waals surface area contributed by atoms with E-state index in [1.165, 1.54) is 12.1 Å². The SMILES string of the molecule is C/C=C/CCc1cc2ccc(C(F)=C(F)C3CCC(/C=C/C)CC3)c(F)c2c(F)c1F. The smallest absolute Gasteiger partial charge is 0.169 e. The number of rotatable bonds is 6. The van der Waals surface area contributed by atoms with E-state index in [-0.39, 0.29) is 17.4 Å². The van der Waals surface area contributed by atoms with Crippen molar-refractivity contribution in [2.75, 3.05) is 0 Å². The zero-order valence-corrected chi connectivity index (χ0v) is 17.8. The molecule has 1 saturated carbocycles. The first-order valence-electron chi connectivity index (χ1n) is 10.8. The number of fused-ring (bicyclic) bond motifs is 1. The minimum absolute atomic E-state index is 0.121. The van der Waals surface area contributed by atoms with Gasteiger partial charge >= 0.3 is 0 Å². The Bertz CT molecular complexity index is 1020. The molecule has 0 nitrogen and oxygen atoms in total. The molecule has 1 fully saturated rings. The Hall–Kier alpha value is -2.43. The molecule has 0 unspecified atom stereocenters. The summed E-state index contributed by atoms with van der Waals surface area (Å²) in [5.74, 6) is -6.43. The predicted octanol–water partition coefficient (Wildman–Crippen LogP) is 8.76. The van der Waals surface area contributed by atoms with E-state index < -0.39 is 46.0 Å². The van der Waals surface area contributed by atoms with Gasteiger partial charge in [-0.15, -0.1) is 0 Å². The van der Waals surface area contributed by atoms with Crippen molar-refractivity contribution in [3.05, 3.63) is 76.9 Å². The molecule has 0 N–H and O–H groups in total. The first-order chi connectivity index (χ1) is 14.9. The van der Waals surface area contributed by atoms with Gasteiger partial charge in [-0.05, 0) is 81.4 Å². The Morgan fingerprint density at radius 2 is 1.65 bits per heavy atom. The molecule has 0 aliphatic heterocycles. The van der Waals surface area contributed by atoms with Gasteiger partial charge in [-0.2, -0.15) is 0 Å². The molecule has 31 heavy (non-hydrogen) atoms. The largest absolute Gasteiger partial charge is 0.208 e. The molecule has 0 radical (unpaired) electrons. The summed E-state index contributed by atoms with van der Waals surface area (Å²) in [6.45, 7) is 3.74. The van der Waals surface area contributed by atoms with Crippen molar-refractivity contribution in [2.45, 2.75) is 52.4 Å². The van der Waals surface area contributed by atoms with Crippen molar-refractivity contribution in [1.29, 1.82) is 0 Å². The maximum absolute atomic E-state index is 15.0. The van der Waals surface area contributed by atoms with Crippen LogP contribution in [0.2, 0.25) is 0 Å². The van der Waals surface area contributed by atoms with Crippen LogP contribution in [0.4, 0.5) is 22.0 Å². The molecule has 2 aromatic rings. The van der Waals surface area contributed by atoms with Crippen LogP contribution in [0.1, 0.15) is 57.1 Å². The molecule has 1 aliphatic rings. The summed E-state index contributed by atoms with van der Waals surface area (Å²) in [6.07, 6.45) is 10.8. The average molecular weight is 434 g/mol. The maximum Gasteiger partial charge on any atom is 0.169 e. The summed E-state index contributed by atoms with van der Waals surface area (Å²) in [7, 11) is 0. The predicted molar refractivity (Wildman–Crippen MR) is 116 cm³/mol. The zero-order chi connectivity index (χ0) is 22.5. The van der Waals surface area contributed by atoms with E-state index in [4.69, 9.17) is 0 Å². The van der Waals surface area contributed by atoms with Crippen LogP contribution in [0.25, 0.3) is 16.6 Å². The topological polar surface area (TPSA) is 0 Å². The quantitative estimate of drug-likeness (QED) is 0.315. The van der Waals surface area contributed by atoms with Gasteiger partial charge in [-0.25, -0.2) is 22.0 Å². The minimum Gasteiger partial charge on any atom is -0.208 e. The molecule has 1 aliphatic carbocycles. The zero-order valence-electron chi connectivity index (χ0n) is 17.8. The Morgan fingerprint density at radius 3 is 2.29 bits per heavy atom.